The fourth-order valence-corrected chi connectivity index (χ4v) is 2.45. The molecule has 7 heteroatoms. The molecule has 1 fully saturated rings. The predicted octanol–water partition coefficient (Wildman–Crippen LogP) is 2.23. The number of aliphatic hydroxyl groups excluding tert-OH is 1. The molecule has 1 aliphatic rings. The lowest BCUT2D eigenvalue weighted by Crippen LogP contribution is -2.41. The van der Waals surface area contributed by atoms with Crippen LogP contribution in [0.15, 0.2) is 12.1 Å². The Morgan fingerprint density at radius 1 is 1.33 bits per heavy atom. The summed E-state index contributed by atoms with van der Waals surface area (Å²) >= 11 is 5.47. The number of piperidine rings is 1. The molecule has 1 aromatic carbocycles. The van der Waals surface area contributed by atoms with E-state index in [4.69, 9.17) is 21.4 Å². The molecule has 116 valence electrons. The molecule has 0 unspecified atom stereocenters. The van der Waals surface area contributed by atoms with Crippen molar-refractivity contribution in [2.24, 2.45) is 0 Å². The topological polar surface area (TPSA) is 49.8 Å². The van der Waals surface area contributed by atoms with E-state index in [9.17, 15) is 13.6 Å². The molecule has 1 N–H and O–H groups in total. The summed E-state index contributed by atoms with van der Waals surface area (Å²) < 4.78 is 32.5. The van der Waals surface area contributed by atoms with E-state index in [1.165, 1.54) is 4.90 Å². The van der Waals surface area contributed by atoms with E-state index in [0.717, 1.165) is 12.1 Å². The quantitative estimate of drug-likeness (QED) is 0.866. The SMILES string of the molecule is O=C(c1cc(F)c(Cl)cc1F)N1CCC(OCCO)CC1. The van der Waals surface area contributed by atoms with Gasteiger partial charge in [0.05, 0.1) is 29.9 Å². The molecule has 0 aliphatic carbocycles. The molecule has 0 bridgehead atoms. The molecule has 1 saturated heterocycles. The van der Waals surface area contributed by atoms with Gasteiger partial charge in [0.1, 0.15) is 11.6 Å². The Bertz CT molecular complexity index is 519. The van der Waals surface area contributed by atoms with Gasteiger partial charge >= 0.3 is 0 Å². The Hall–Kier alpha value is -1.24. The molecule has 21 heavy (non-hydrogen) atoms. The van der Waals surface area contributed by atoms with Crippen LogP contribution >= 0.6 is 11.6 Å². The normalized spacial score (nSPS) is 16.3. The number of carbonyl (C=O) groups excluding carboxylic acids is 1. The fourth-order valence-electron chi connectivity index (χ4n) is 2.30. The number of hydrogen-bond donors (Lipinski definition) is 1. The number of nitrogens with zero attached hydrogens (tertiary/aromatic N) is 1. The van der Waals surface area contributed by atoms with Crippen molar-refractivity contribution in [1.82, 2.24) is 4.90 Å². The molecular weight excluding hydrogens is 304 g/mol. The number of aliphatic hydroxyl groups is 1. The van der Waals surface area contributed by atoms with Crippen molar-refractivity contribution in [3.8, 4) is 0 Å². The molecule has 0 saturated carbocycles. The van der Waals surface area contributed by atoms with Crippen molar-refractivity contribution in [2.75, 3.05) is 26.3 Å². The second-order valence-electron chi connectivity index (χ2n) is 4.83. The van der Waals surface area contributed by atoms with Gasteiger partial charge in [0.2, 0.25) is 0 Å². The zero-order chi connectivity index (χ0) is 15.4. The van der Waals surface area contributed by atoms with Gasteiger partial charge in [-0.3, -0.25) is 4.79 Å². The van der Waals surface area contributed by atoms with Crippen LogP contribution in [0.1, 0.15) is 23.2 Å². The second kappa shape index (κ2) is 7.15. The van der Waals surface area contributed by atoms with Crippen molar-refractivity contribution >= 4 is 17.5 Å². The largest absolute Gasteiger partial charge is 0.394 e. The van der Waals surface area contributed by atoms with Gasteiger partial charge in [0.15, 0.2) is 0 Å². The van der Waals surface area contributed by atoms with Crippen molar-refractivity contribution in [2.45, 2.75) is 18.9 Å². The monoisotopic (exact) mass is 319 g/mol. The highest BCUT2D eigenvalue weighted by Crippen LogP contribution is 2.22. The molecule has 0 radical (unpaired) electrons. The maximum Gasteiger partial charge on any atom is 0.256 e. The maximum absolute atomic E-state index is 13.7. The van der Waals surface area contributed by atoms with E-state index in [-0.39, 0.29) is 29.9 Å². The number of hydrogen-bond acceptors (Lipinski definition) is 3. The molecule has 2 rings (SSSR count). The summed E-state index contributed by atoms with van der Waals surface area (Å²) in [4.78, 5) is 13.7. The van der Waals surface area contributed by atoms with Gasteiger partial charge in [0, 0.05) is 13.1 Å². The van der Waals surface area contributed by atoms with E-state index in [1.54, 1.807) is 0 Å². The highest BCUT2D eigenvalue weighted by molar-refractivity contribution is 6.30. The number of halogens is 3. The molecule has 1 aromatic rings. The molecule has 1 aliphatic heterocycles. The summed E-state index contributed by atoms with van der Waals surface area (Å²) in [5.41, 5.74) is -0.313. The summed E-state index contributed by atoms with van der Waals surface area (Å²) in [5.74, 6) is -2.20. The number of likely N-dealkylation sites (tertiary alicyclic amines) is 1. The van der Waals surface area contributed by atoms with E-state index < -0.39 is 17.5 Å². The zero-order valence-electron chi connectivity index (χ0n) is 11.3. The smallest absolute Gasteiger partial charge is 0.256 e. The lowest BCUT2D eigenvalue weighted by atomic mass is 10.1. The molecule has 0 aromatic heterocycles. The summed E-state index contributed by atoms with van der Waals surface area (Å²) in [6.45, 7) is 1.02. The minimum atomic E-state index is -0.829. The van der Waals surface area contributed by atoms with Crippen molar-refractivity contribution in [3.63, 3.8) is 0 Å². The maximum atomic E-state index is 13.7. The number of amides is 1. The van der Waals surface area contributed by atoms with Crippen LogP contribution < -0.4 is 0 Å². The summed E-state index contributed by atoms with van der Waals surface area (Å²) in [5, 5.41) is 8.34. The Balaban J connectivity index is 2.00. The second-order valence-corrected chi connectivity index (χ2v) is 5.24. The van der Waals surface area contributed by atoms with Gasteiger partial charge in [-0.2, -0.15) is 0 Å². The van der Waals surface area contributed by atoms with Crippen LogP contribution in [0.3, 0.4) is 0 Å². The third-order valence-corrected chi connectivity index (χ3v) is 3.70. The van der Waals surface area contributed by atoms with Crippen LogP contribution in [-0.4, -0.2) is 48.3 Å². The third-order valence-electron chi connectivity index (χ3n) is 3.41. The zero-order valence-corrected chi connectivity index (χ0v) is 12.1. The van der Waals surface area contributed by atoms with Crippen LogP contribution in [0.5, 0.6) is 0 Å². The summed E-state index contributed by atoms with van der Waals surface area (Å²) in [6, 6.07) is 1.63. The van der Waals surface area contributed by atoms with Crippen molar-refractivity contribution < 1.29 is 23.4 Å². The lowest BCUT2D eigenvalue weighted by molar-refractivity contribution is -0.00562. The Morgan fingerprint density at radius 3 is 2.62 bits per heavy atom. The Morgan fingerprint density at radius 2 is 2.00 bits per heavy atom. The van der Waals surface area contributed by atoms with E-state index in [1.807, 2.05) is 0 Å². The number of carbonyl (C=O) groups is 1. The molecular formula is C14H16ClF2NO3. The van der Waals surface area contributed by atoms with Crippen LogP contribution in [0.25, 0.3) is 0 Å². The first-order chi connectivity index (χ1) is 10.0. The van der Waals surface area contributed by atoms with Crippen LogP contribution in [0, 0.1) is 11.6 Å². The van der Waals surface area contributed by atoms with E-state index >= 15 is 0 Å². The fraction of sp³-hybridized carbons (Fsp3) is 0.500. The molecule has 0 spiro atoms. The van der Waals surface area contributed by atoms with Crippen molar-refractivity contribution in [3.05, 3.63) is 34.4 Å². The third kappa shape index (κ3) is 3.90. The molecule has 4 nitrogen and oxygen atoms in total. The van der Waals surface area contributed by atoms with E-state index in [2.05, 4.69) is 0 Å². The van der Waals surface area contributed by atoms with Crippen LogP contribution in [-0.2, 0) is 4.74 Å². The van der Waals surface area contributed by atoms with Crippen molar-refractivity contribution in [1.29, 1.82) is 0 Å². The Labute approximate surface area is 126 Å². The van der Waals surface area contributed by atoms with Crippen LogP contribution in [0.2, 0.25) is 5.02 Å². The minimum Gasteiger partial charge on any atom is -0.394 e. The molecule has 1 heterocycles. The number of rotatable bonds is 4. The number of ether oxygens (including phenoxy) is 1. The highest BCUT2D eigenvalue weighted by atomic mass is 35.5. The first kappa shape index (κ1) is 16.1. The lowest BCUT2D eigenvalue weighted by Gasteiger charge is -2.32. The summed E-state index contributed by atoms with van der Waals surface area (Å²) in [7, 11) is 0. The van der Waals surface area contributed by atoms with Gasteiger partial charge in [-0.1, -0.05) is 11.6 Å². The first-order valence-electron chi connectivity index (χ1n) is 6.69. The van der Waals surface area contributed by atoms with Gasteiger partial charge in [-0.25, -0.2) is 8.78 Å². The standard InChI is InChI=1S/C14H16ClF2NO3/c15-11-8-12(16)10(7-13(11)17)14(20)18-3-1-9(2-4-18)21-6-5-19/h7-9,19H,1-6H2. The van der Waals surface area contributed by atoms with E-state index in [0.29, 0.717) is 25.9 Å². The average molecular weight is 320 g/mol. The minimum absolute atomic E-state index is 0.0204. The van der Waals surface area contributed by atoms with Gasteiger partial charge in [-0.15, -0.1) is 0 Å². The molecule has 1 amide bonds. The molecule has 0 atom stereocenters. The van der Waals surface area contributed by atoms with Gasteiger partial charge in [-0.05, 0) is 25.0 Å². The number of benzene rings is 1. The Kier molecular flexibility index (Phi) is 5.50. The summed E-state index contributed by atoms with van der Waals surface area (Å²) in [6.07, 6.45) is 1.18. The highest BCUT2D eigenvalue weighted by Gasteiger charge is 2.26. The first-order valence-corrected chi connectivity index (χ1v) is 7.07. The van der Waals surface area contributed by atoms with Gasteiger partial charge < -0.3 is 14.7 Å². The predicted molar refractivity (Wildman–Crippen MR) is 73.3 cm³/mol. The van der Waals surface area contributed by atoms with Gasteiger partial charge in [0.25, 0.3) is 5.91 Å². The average Bonchev–Trinajstić information content (AvgIpc) is 2.48. The van der Waals surface area contributed by atoms with Crippen LogP contribution in [0.4, 0.5) is 8.78 Å².